The largest absolute Gasteiger partial charge is 0.398 e. The van der Waals surface area contributed by atoms with Gasteiger partial charge in [0.05, 0.1) is 5.38 Å². The Morgan fingerprint density at radius 3 is 2.76 bits per heavy atom. The first-order valence-corrected chi connectivity index (χ1v) is 6.24. The number of rotatable bonds is 1. The zero-order valence-electron chi connectivity index (χ0n) is 10.2. The molecule has 0 saturated carbocycles. The van der Waals surface area contributed by atoms with Gasteiger partial charge in [-0.2, -0.15) is 0 Å². The number of halogens is 1. The number of piperidine rings is 1. The predicted octanol–water partition coefficient (Wildman–Crippen LogP) is 2.62. The van der Waals surface area contributed by atoms with Crippen molar-refractivity contribution in [1.82, 2.24) is 0 Å². The second kappa shape index (κ2) is 4.57. The normalized spacial score (nSPS) is 20.8. The van der Waals surface area contributed by atoms with E-state index in [-0.39, 0.29) is 11.3 Å². The van der Waals surface area contributed by atoms with Crippen LogP contribution in [0.4, 0.5) is 11.4 Å². The van der Waals surface area contributed by atoms with Crippen LogP contribution < -0.4 is 10.6 Å². The van der Waals surface area contributed by atoms with Crippen molar-refractivity contribution in [2.45, 2.75) is 32.1 Å². The van der Waals surface area contributed by atoms with E-state index >= 15 is 0 Å². The molecule has 3 nitrogen and oxygen atoms in total. The highest BCUT2D eigenvalue weighted by Gasteiger charge is 2.26. The molecular weight excluding hydrogens is 236 g/mol. The van der Waals surface area contributed by atoms with Crippen molar-refractivity contribution < 1.29 is 4.79 Å². The highest BCUT2D eigenvalue weighted by Crippen LogP contribution is 2.29. The minimum atomic E-state index is 0.0367. The van der Waals surface area contributed by atoms with E-state index in [9.17, 15) is 4.79 Å². The van der Waals surface area contributed by atoms with Crippen LogP contribution in [0, 0.1) is 13.8 Å². The first-order chi connectivity index (χ1) is 7.99. The molecule has 1 aromatic carbocycles. The third-order valence-electron chi connectivity index (χ3n) is 3.23. The lowest BCUT2D eigenvalue weighted by Crippen LogP contribution is -2.41. The number of benzene rings is 1. The van der Waals surface area contributed by atoms with Gasteiger partial charge in [-0.3, -0.25) is 4.79 Å². The number of alkyl halides is 1. The van der Waals surface area contributed by atoms with Crippen LogP contribution in [0.25, 0.3) is 0 Å². The van der Waals surface area contributed by atoms with E-state index < -0.39 is 0 Å². The Labute approximate surface area is 107 Å². The predicted molar refractivity (Wildman–Crippen MR) is 71.6 cm³/mol. The highest BCUT2D eigenvalue weighted by atomic mass is 35.5. The summed E-state index contributed by atoms with van der Waals surface area (Å²) in [6, 6.07) is 3.88. The second-order valence-corrected chi connectivity index (χ2v) is 5.25. The summed E-state index contributed by atoms with van der Waals surface area (Å²) in [6.45, 7) is 4.53. The van der Waals surface area contributed by atoms with Gasteiger partial charge >= 0.3 is 0 Å². The van der Waals surface area contributed by atoms with Crippen molar-refractivity contribution >= 4 is 28.9 Å². The minimum Gasteiger partial charge on any atom is -0.398 e. The average molecular weight is 253 g/mol. The number of aryl methyl sites for hydroxylation is 2. The topological polar surface area (TPSA) is 46.3 Å². The van der Waals surface area contributed by atoms with Gasteiger partial charge in [0, 0.05) is 24.3 Å². The fourth-order valence-electron chi connectivity index (χ4n) is 2.19. The van der Waals surface area contributed by atoms with Crippen LogP contribution in [0.1, 0.15) is 24.0 Å². The standard InChI is InChI=1S/C13H17ClN2O/c1-8-5-9(2)12(6-11(8)15)16-7-10(14)3-4-13(16)17/h5-6,10H,3-4,7,15H2,1-2H3. The Morgan fingerprint density at radius 2 is 2.06 bits per heavy atom. The lowest BCUT2D eigenvalue weighted by molar-refractivity contribution is -0.119. The van der Waals surface area contributed by atoms with Crippen molar-refractivity contribution in [3.8, 4) is 0 Å². The maximum Gasteiger partial charge on any atom is 0.227 e. The summed E-state index contributed by atoms with van der Waals surface area (Å²) in [5.41, 5.74) is 9.62. The number of nitrogens with two attached hydrogens (primary N) is 1. The number of carbonyl (C=O) groups is 1. The van der Waals surface area contributed by atoms with E-state index in [1.165, 1.54) is 0 Å². The maximum absolute atomic E-state index is 11.9. The summed E-state index contributed by atoms with van der Waals surface area (Å²) in [7, 11) is 0. The molecule has 92 valence electrons. The molecule has 1 aromatic rings. The van der Waals surface area contributed by atoms with Gasteiger partial charge in [-0.15, -0.1) is 11.6 Å². The van der Waals surface area contributed by atoms with Gasteiger partial charge in [-0.25, -0.2) is 0 Å². The van der Waals surface area contributed by atoms with E-state index in [2.05, 4.69) is 0 Å². The second-order valence-electron chi connectivity index (χ2n) is 4.64. The lowest BCUT2D eigenvalue weighted by Gasteiger charge is -2.31. The first-order valence-electron chi connectivity index (χ1n) is 5.80. The van der Waals surface area contributed by atoms with Gasteiger partial charge in [0.1, 0.15) is 0 Å². The van der Waals surface area contributed by atoms with E-state index in [1.54, 1.807) is 4.90 Å². The molecule has 1 amide bonds. The highest BCUT2D eigenvalue weighted by molar-refractivity contribution is 6.21. The summed E-state index contributed by atoms with van der Waals surface area (Å²) in [4.78, 5) is 13.7. The molecule has 1 aliphatic rings. The monoisotopic (exact) mass is 252 g/mol. The number of amides is 1. The number of anilines is 2. The van der Waals surface area contributed by atoms with Crippen LogP contribution in [0.2, 0.25) is 0 Å². The van der Waals surface area contributed by atoms with Gasteiger partial charge in [-0.1, -0.05) is 6.07 Å². The molecule has 1 unspecified atom stereocenters. The number of hydrogen-bond donors (Lipinski definition) is 1. The molecule has 17 heavy (non-hydrogen) atoms. The quantitative estimate of drug-likeness (QED) is 0.617. The van der Waals surface area contributed by atoms with Crippen LogP contribution in [0.3, 0.4) is 0 Å². The fraction of sp³-hybridized carbons (Fsp3) is 0.462. The van der Waals surface area contributed by atoms with Crippen molar-refractivity contribution in [2.75, 3.05) is 17.2 Å². The first kappa shape index (κ1) is 12.2. The summed E-state index contributed by atoms with van der Waals surface area (Å²) in [5, 5.41) is 0.0367. The number of hydrogen-bond acceptors (Lipinski definition) is 2. The van der Waals surface area contributed by atoms with Crippen molar-refractivity contribution in [3.05, 3.63) is 23.3 Å². The summed E-state index contributed by atoms with van der Waals surface area (Å²) in [6.07, 6.45) is 1.28. The van der Waals surface area contributed by atoms with Gasteiger partial charge in [-0.05, 0) is 37.5 Å². The van der Waals surface area contributed by atoms with Gasteiger partial charge in [0.25, 0.3) is 0 Å². The van der Waals surface area contributed by atoms with Crippen LogP contribution in [-0.2, 0) is 4.79 Å². The van der Waals surface area contributed by atoms with Crippen LogP contribution in [-0.4, -0.2) is 17.8 Å². The minimum absolute atomic E-state index is 0.0367. The molecule has 2 N–H and O–H groups in total. The Bertz CT molecular complexity index is 459. The van der Waals surface area contributed by atoms with Crippen molar-refractivity contribution in [1.29, 1.82) is 0 Å². The number of nitrogens with zero attached hydrogens (tertiary/aromatic N) is 1. The Morgan fingerprint density at radius 1 is 1.35 bits per heavy atom. The molecule has 2 rings (SSSR count). The van der Waals surface area contributed by atoms with Gasteiger partial charge < -0.3 is 10.6 Å². The molecule has 1 aliphatic heterocycles. The zero-order valence-corrected chi connectivity index (χ0v) is 10.9. The molecule has 0 aliphatic carbocycles. The van der Waals surface area contributed by atoms with Crippen LogP contribution in [0.15, 0.2) is 12.1 Å². The maximum atomic E-state index is 11.9. The third kappa shape index (κ3) is 2.39. The Balaban J connectivity index is 2.38. The van der Waals surface area contributed by atoms with E-state index in [4.69, 9.17) is 17.3 Å². The molecule has 0 aromatic heterocycles. The molecule has 0 spiro atoms. The molecule has 1 atom stereocenters. The van der Waals surface area contributed by atoms with Gasteiger partial charge in [0.2, 0.25) is 5.91 Å². The molecule has 1 saturated heterocycles. The van der Waals surface area contributed by atoms with Crippen molar-refractivity contribution in [2.24, 2.45) is 0 Å². The lowest BCUT2D eigenvalue weighted by atomic mass is 10.0. The number of carbonyl (C=O) groups excluding carboxylic acids is 1. The molecular formula is C13H17ClN2O. The average Bonchev–Trinajstić information content (AvgIpc) is 2.27. The van der Waals surface area contributed by atoms with Crippen LogP contribution >= 0.6 is 11.6 Å². The summed E-state index contributed by atoms with van der Waals surface area (Å²) >= 11 is 6.12. The molecule has 0 bridgehead atoms. The van der Waals surface area contributed by atoms with Crippen LogP contribution in [0.5, 0.6) is 0 Å². The molecule has 0 radical (unpaired) electrons. The number of nitrogen functional groups attached to an aromatic ring is 1. The molecule has 1 fully saturated rings. The smallest absolute Gasteiger partial charge is 0.227 e. The summed E-state index contributed by atoms with van der Waals surface area (Å²) in [5.74, 6) is 0.133. The van der Waals surface area contributed by atoms with Crippen molar-refractivity contribution in [3.63, 3.8) is 0 Å². The Kier molecular flexibility index (Phi) is 3.29. The third-order valence-corrected chi connectivity index (χ3v) is 3.58. The molecule has 1 heterocycles. The van der Waals surface area contributed by atoms with E-state index in [1.807, 2.05) is 26.0 Å². The molecule has 4 heteroatoms. The van der Waals surface area contributed by atoms with Gasteiger partial charge in [0.15, 0.2) is 0 Å². The van der Waals surface area contributed by atoms with E-state index in [0.717, 1.165) is 28.9 Å². The Hall–Kier alpha value is -1.22. The summed E-state index contributed by atoms with van der Waals surface area (Å²) < 4.78 is 0. The fourth-order valence-corrected chi connectivity index (χ4v) is 2.43. The zero-order chi connectivity index (χ0) is 12.6. The van der Waals surface area contributed by atoms with E-state index in [0.29, 0.717) is 13.0 Å². The SMILES string of the molecule is Cc1cc(C)c(N2CC(Cl)CCC2=O)cc1N.